The normalized spacial score (nSPS) is 18.1. The molecular weight excluding hydrogens is 382 g/mol. The topological polar surface area (TPSA) is 80.0 Å². The number of ether oxygens (including phenoxy) is 1. The van der Waals surface area contributed by atoms with E-state index in [1.54, 1.807) is 54.6 Å². The second kappa shape index (κ2) is 7.91. The van der Waals surface area contributed by atoms with Crippen LogP contribution in [0.1, 0.15) is 29.9 Å². The monoisotopic (exact) mass is 403 g/mol. The van der Waals surface area contributed by atoms with Crippen LogP contribution in [0.4, 0.5) is 5.69 Å². The Morgan fingerprint density at radius 1 is 1.10 bits per heavy atom. The maximum absolute atomic E-state index is 13.0. The van der Waals surface area contributed by atoms with Crippen LogP contribution >= 0.6 is 0 Å². The number of carbonyl (C=O) groups excluding carboxylic acids is 2. The summed E-state index contributed by atoms with van der Waals surface area (Å²) in [7, 11) is 0. The molecule has 4 rings (SSSR count). The van der Waals surface area contributed by atoms with E-state index in [0.717, 1.165) is 5.56 Å². The van der Waals surface area contributed by atoms with Gasteiger partial charge in [0.05, 0.1) is 18.4 Å². The highest BCUT2D eigenvalue weighted by Gasteiger charge is 2.48. The number of nitrogens with zero attached hydrogens (tertiary/aromatic N) is 1. The van der Waals surface area contributed by atoms with E-state index in [2.05, 4.69) is 0 Å². The molecule has 0 saturated carbocycles. The lowest BCUT2D eigenvalue weighted by atomic mass is 9.98. The van der Waals surface area contributed by atoms with Gasteiger partial charge in [0.1, 0.15) is 23.3 Å². The summed E-state index contributed by atoms with van der Waals surface area (Å²) in [6.07, 6.45) is 1.47. The lowest BCUT2D eigenvalue weighted by Gasteiger charge is -2.23. The predicted octanol–water partition coefficient (Wildman–Crippen LogP) is 4.61. The van der Waals surface area contributed by atoms with Crippen molar-refractivity contribution < 1.29 is 23.8 Å². The van der Waals surface area contributed by atoms with Gasteiger partial charge in [-0.3, -0.25) is 14.5 Å². The molecule has 1 aliphatic heterocycles. The third-order valence-electron chi connectivity index (χ3n) is 5.04. The van der Waals surface area contributed by atoms with Gasteiger partial charge in [-0.15, -0.1) is 0 Å². The summed E-state index contributed by atoms with van der Waals surface area (Å²) >= 11 is 0. The number of ketones is 1. The number of para-hydroxylation sites is 1. The molecule has 1 aliphatic rings. The molecule has 0 spiro atoms. The quantitative estimate of drug-likeness (QED) is 0.382. The van der Waals surface area contributed by atoms with Crippen LogP contribution in [0.2, 0.25) is 0 Å². The number of amides is 1. The van der Waals surface area contributed by atoms with E-state index in [4.69, 9.17) is 9.15 Å². The van der Waals surface area contributed by atoms with E-state index in [9.17, 15) is 14.7 Å². The summed E-state index contributed by atoms with van der Waals surface area (Å²) in [5.41, 5.74) is 1.77. The Morgan fingerprint density at radius 2 is 1.87 bits per heavy atom. The van der Waals surface area contributed by atoms with Gasteiger partial charge in [0.25, 0.3) is 11.7 Å². The van der Waals surface area contributed by atoms with Crippen molar-refractivity contribution in [3.8, 4) is 5.75 Å². The van der Waals surface area contributed by atoms with Crippen molar-refractivity contribution in [1.82, 2.24) is 0 Å². The highest BCUT2D eigenvalue weighted by Crippen LogP contribution is 2.42. The maximum atomic E-state index is 13.0. The standard InChI is InChI=1S/C24H21NO5/c1-3-29-18-12-11-16(14-15(18)2)22(26)20-21(19-10-7-13-30-19)25(24(28)23(20)27)17-8-5-4-6-9-17/h4-14,21,26H,3H2,1-2H3/b22-20-. The third kappa shape index (κ3) is 3.26. The van der Waals surface area contributed by atoms with Gasteiger partial charge in [0.2, 0.25) is 0 Å². The van der Waals surface area contributed by atoms with E-state index in [0.29, 0.717) is 29.4 Å². The molecule has 152 valence electrons. The highest BCUT2D eigenvalue weighted by molar-refractivity contribution is 6.51. The molecule has 2 heterocycles. The molecule has 1 N–H and O–H groups in total. The average molecular weight is 403 g/mol. The molecule has 0 aliphatic carbocycles. The van der Waals surface area contributed by atoms with Gasteiger partial charge in [0, 0.05) is 11.3 Å². The van der Waals surface area contributed by atoms with Crippen molar-refractivity contribution in [2.45, 2.75) is 19.9 Å². The number of rotatable bonds is 5. The number of anilines is 1. The van der Waals surface area contributed by atoms with Crippen LogP contribution < -0.4 is 9.64 Å². The number of aryl methyl sites for hydroxylation is 1. The molecule has 1 fully saturated rings. The van der Waals surface area contributed by atoms with Gasteiger partial charge in [-0.25, -0.2) is 0 Å². The Balaban J connectivity index is 1.87. The van der Waals surface area contributed by atoms with E-state index in [-0.39, 0.29) is 11.3 Å². The van der Waals surface area contributed by atoms with Crippen LogP contribution in [0.15, 0.2) is 76.9 Å². The summed E-state index contributed by atoms with van der Waals surface area (Å²) in [6.45, 7) is 4.27. The first-order chi connectivity index (χ1) is 14.5. The Morgan fingerprint density at radius 3 is 2.50 bits per heavy atom. The van der Waals surface area contributed by atoms with E-state index in [1.165, 1.54) is 11.2 Å². The van der Waals surface area contributed by atoms with E-state index in [1.807, 2.05) is 19.9 Å². The Labute approximate surface area is 174 Å². The Bertz CT molecular complexity index is 1120. The van der Waals surface area contributed by atoms with Gasteiger partial charge < -0.3 is 14.3 Å². The van der Waals surface area contributed by atoms with Crippen molar-refractivity contribution in [3.63, 3.8) is 0 Å². The maximum Gasteiger partial charge on any atom is 0.300 e. The minimum absolute atomic E-state index is 0.0117. The molecule has 3 aromatic rings. The lowest BCUT2D eigenvalue weighted by Crippen LogP contribution is -2.29. The number of furan rings is 1. The molecule has 0 bridgehead atoms. The second-order valence-corrected chi connectivity index (χ2v) is 6.93. The Kier molecular flexibility index (Phi) is 5.14. The van der Waals surface area contributed by atoms with Crippen LogP contribution in [-0.2, 0) is 9.59 Å². The SMILES string of the molecule is CCOc1ccc(/C(O)=C2/C(=O)C(=O)N(c3ccccc3)C2c2ccco2)cc1C. The first-order valence-corrected chi connectivity index (χ1v) is 9.66. The molecule has 1 amide bonds. The zero-order valence-electron chi connectivity index (χ0n) is 16.7. The molecule has 1 unspecified atom stereocenters. The minimum Gasteiger partial charge on any atom is -0.507 e. The Hall–Kier alpha value is -3.80. The third-order valence-corrected chi connectivity index (χ3v) is 5.04. The van der Waals surface area contributed by atoms with Crippen LogP contribution in [0.3, 0.4) is 0 Å². The van der Waals surface area contributed by atoms with Crippen molar-refractivity contribution >= 4 is 23.1 Å². The second-order valence-electron chi connectivity index (χ2n) is 6.93. The van der Waals surface area contributed by atoms with Crippen molar-refractivity contribution in [2.75, 3.05) is 11.5 Å². The largest absolute Gasteiger partial charge is 0.507 e. The molecular formula is C24H21NO5. The van der Waals surface area contributed by atoms with Crippen molar-refractivity contribution in [1.29, 1.82) is 0 Å². The highest BCUT2D eigenvalue weighted by atomic mass is 16.5. The fourth-order valence-electron chi connectivity index (χ4n) is 3.67. The van der Waals surface area contributed by atoms with Crippen LogP contribution in [0.25, 0.3) is 5.76 Å². The summed E-state index contributed by atoms with van der Waals surface area (Å²) < 4.78 is 11.1. The van der Waals surface area contributed by atoms with Crippen molar-refractivity contribution in [2.24, 2.45) is 0 Å². The minimum atomic E-state index is -0.866. The fourth-order valence-corrected chi connectivity index (χ4v) is 3.67. The molecule has 6 nitrogen and oxygen atoms in total. The number of aliphatic hydroxyl groups is 1. The van der Waals surface area contributed by atoms with Crippen LogP contribution in [-0.4, -0.2) is 23.4 Å². The molecule has 6 heteroatoms. The number of Topliss-reactive ketones (excluding diaryl/α,β-unsaturated/α-hetero) is 1. The first kappa shape index (κ1) is 19.5. The zero-order chi connectivity index (χ0) is 21.3. The number of aliphatic hydroxyl groups excluding tert-OH is 1. The lowest BCUT2D eigenvalue weighted by molar-refractivity contribution is -0.132. The van der Waals surface area contributed by atoms with E-state index < -0.39 is 17.7 Å². The summed E-state index contributed by atoms with van der Waals surface area (Å²) in [5.74, 6) is -0.640. The van der Waals surface area contributed by atoms with Gasteiger partial charge in [-0.1, -0.05) is 18.2 Å². The number of hydrogen-bond acceptors (Lipinski definition) is 5. The zero-order valence-corrected chi connectivity index (χ0v) is 16.7. The number of benzene rings is 2. The number of hydrogen-bond donors (Lipinski definition) is 1. The molecule has 30 heavy (non-hydrogen) atoms. The summed E-state index contributed by atoms with van der Waals surface area (Å²) in [4.78, 5) is 27.3. The van der Waals surface area contributed by atoms with Gasteiger partial charge in [-0.05, 0) is 61.9 Å². The fraction of sp³-hybridized carbons (Fsp3) is 0.167. The predicted molar refractivity (Wildman–Crippen MR) is 112 cm³/mol. The summed E-state index contributed by atoms with van der Waals surface area (Å²) in [5, 5.41) is 11.1. The molecule has 0 radical (unpaired) electrons. The smallest absolute Gasteiger partial charge is 0.300 e. The van der Waals surface area contributed by atoms with Gasteiger partial charge in [-0.2, -0.15) is 0 Å². The van der Waals surface area contributed by atoms with Crippen LogP contribution in [0, 0.1) is 6.92 Å². The molecule has 1 atom stereocenters. The van der Waals surface area contributed by atoms with Gasteiger partial charge >= 0.3 is 0 Å². The van der Waals surface area contributed by atoms with Gasteiger partial charge in [0.15, 0.2) is 0 Å². The van der Waals surface area contributed by atoms with Crippen molar-refractivity contribution in [3.05, 3.63) is 89.4 Å². The first-order valence-electron chi connectivity index (χ1n) is 9.66. The van der Waals surface area contributed by atoms with Crippen LogP contribution in [0.5, 0.6) is 5.75 Å². The average Bonchev–Trinajstić information content (AvgIpc) is 3.37. The molecule has 1 saturated heterocycles. The number of carbonyl (C=O) groups is 2. The summed E-state index contributed by atoms with van der Waals surface area (Å²) in [6, 6.07) is 16.5. The molecule has 1 aromatic heterocycles. The van der Waals surface area contributed by atoms with E-state index >= 15 is 0 Å². The molecule has 2 aromatic carbocycles.